The number of carbonyl (C=O) groups excluding carboxylic acids is 1. The maximum absolute atomic E-state index is 11.8. The van der Waals surface area contributed by atoms with Crippen LogP contribution in [0.25, 0.3) is 0 Å². The van der Waals surface area contributed by atoms with Crippen LogP contribution in [0, 0.1) is 0 Å². The van der Waals surface area contributed by atoms with Gasteiger partial charge in [0.2, 0.25) is 0 Å². The van der Waals surface area contributed by atoms with Gasteiger partial charge in [-0.2, -0.15) is 5.10 Å². The summed E-state index contributed by atoms with van der Waals surface area (Å²) in [6.45, 7) is 8.00. The molecule has 2 heterocycles. The van der Waals surface area contributed by atoms with E-state index >= 15 is 0 Å². The molecule has 0 radical (unpaired) electrons. The summed E-state index contributed by atoms with van der Waals surface area (Å²) >= 11 is 0. The van der Waals surface area contributed by atoms with E-state index in [1.807, 2.05) is 25.5 Å². The van der Waals surface area contributed by atoms with Crippen molar-refractivity contribution >= 4 is 5.97 Å². The predicted octanol–water partition coefficient (Wildman–Crippen LogP) is 0.942. The standard InChI is InChI=1S/C11H17N3O2/c1-11(2,3)16-10(15)9-6-8-7-12-4-5-14(8)13-9/h6,12H,4-5,7H2,1-3H3. The number of esters is 1. The summed E-state index contributed by atoms with van der Waals surface area (Å²) < 4.78 is 7.12. The van der Waals surface area contributed by atoms with Crippen molar-refractivity contribution in [2.45, 2.75) is 39.5 Å². The van der Waals surface area contributed by atoms with Gasteiger partial charge in [0.1, 0.15) is 5.60 Å². The molecule has 1 aromatic heterocycles. The van der Waals surface area contributed by atoms with Gasteiger partial charge in [-0.25, -0.2) is 4.79 Å². The van der Waals surface area contributed by atoms with Crippen molar-refractivity contribution in [3.8, 4) is 0 Å². The van der Waals surface area contributed by atoms with E-state index in [0.717, 1.165) is 25.3 Å². The smallest absolute Gasteiger partial charge is 0.359 e. The molecule has 0 amide bonds. The zero-order chi connectivity index (χ0) is 11.8. The lowest BCUT2D eigenvalue weighted by Crippen LogP contribution is -2.28. The molecule has 0 aliphatic carbocycles. The Bertz CT molecular complexity index is 380. The van der Waals surface area contributed by atoms with Crippen LogP contribution in [0.15, 0.2) is 6.07 Å². The fourth-order valence-corrected chi connectivity index (χ4v) is 1.62. The van der Waals surface area contributed by atoms with Crippen LogP contribution in [0.2, 0.25) is 0 Å². The Morgan fingerprint density at radius 2 is 2.31 bits per heavy atom. The summed E-state index contributed by atoms with van der Waals surface area (Å²) in [5.74, 6) is -0.352. The summed E-state index contributed by atoms with van der Waals surface area (Å²) in [6.07, 6.45) is 0. The van der Waals surface area contributed by atoms with Crippen LogP contribution in [0.1, 0.15) is 37.0 Å². The topological polar surface area (TPSA) is 56.2 Å². The number of fused-ring (bicyclic) bond motifs is 1. The molecule has 0 saturated heterocycles. The lowest BCUT2D eigenvalue weighted by Gasteiger charge is -2.18. The number of aromatic nitrogens is 2. The van der Waals surface area contributed by atoms with Gasteiger partial charge in [-0.3, -0.25) is 4.68 Å². The van der Waals surface area contributed by atoms with Gasteiger partial charge in [-0.1, -0.05) is 0 Å². The Morgan fingerprint density at radius 1 is 1.56 bits per heavy atom. The Kier molecular flexibility index (Phi) is 2.71. The van der Waals surface area contributed by atoms with Crippen molar-refractivity contribution in [3.63, 3.8) is 0 Å². The van der Waals surface area contributed by atoms with Gasteiger partial charge < -0.3 is 10.1 Å². The number of nitrogens with one attached hydrogen (secondary N) is 1. The molecular formula is C11H17N3O2. The molecule has 0 saturated carbocycles. The normalized spacial score (nSPS) is 15.7. The van der Waals surface area contributed by atoms with Crippen LogP contribution in [-0.2, 0) is 17.8 Å². The first-order valence-corrected chi connectivity index (χ1v) is 5.46. The first-order valence-electron chi connectivity index (χ1n) is 5.46. The van der Waals surface area contributed by atoms with Crippen molar-refractivity contribution in [2.24, 2.45) is 0 Å². The maximum Gasteiger partial charge on any atom is 0.359 e. The predicted molar refractivity (Wildman–Crippen MR) is 59.1 cm³/mol. The molecule has 0 bridgehead atoms. The Balaban J connectivity index is 2.15. The number of rotatable bonds is 1. The van der Waals surface area contributed by atoms with Crippen molar-refractivity contribution < 1.29 is 9.53 Å². The second-order valence-corrected chi connectivity index (χ2v) is 4.92. The summed E-state index contributed by atoms with van der Waals surface area (Å²) in [4.78, 5) is 11.8. The molecule has 1 aromatic rings. The number of ether oxygens (including phenoxy) is 1. The molecule has 1 aliphatic rings. The molecular weight excluding hydrogens is 206 g/mol. The number of hydrogen-bond donors (Lipinski definition) is 1. The van der Waals surface area contributed by atoms with Crippen molar-refractivity contribution in [1.29, 1.82) is 0 Å². The maximum atomic E-state index is 11.8. The minimum absolute atomic E-state index is 0.352. The quantitative estimate of drug-likeness (QED) is 0.720. The highest BCUT2D eigenvalue weighted by molar-refractivity contribution is 5.87. The third-order valence-corrected chi connectivity index (χ3v) is 2.28. The second kappa shape index (κ2) is 3.90. The van der Waals surface area contributed by atoms with Crippen LogP contribution >= 0.6 is 0 Å². The average molecular weight is 223 g/mol. The molecule has 1 aliphatic heterocycles. The molecule has 0 unspecified atom stereocenters. The SMILES string of the molecule is CC(C)(C)OC(=O)c1cc2n(n1)CCNC2. The third kappa shape index (κ3) is 2.41. The highest BCUT2D eigenvalue weighted by Crippen LogP contribution is 2.13. The van der Waals surface area contributed by atoms with E-state index in [9.17, 15) is 4.79 Å². The van der Waals surface area contributed by atoms with Crippen LogP contribution in [-0.4, -0.2) is 27.9 Å². The average Bonchev–Trinajstić information content (AvgIpc) is 2.58. The van der Waals surface area contributed by atoms with Gasteiger partial charge >= 0.3 is 5.97 Å². The fraction of sp³-hybridized carbons (Fsp3) is 0.636. The van der Waals surface area contributed by atoms with Crippen molar-refractivity contribution in [3.05, 3.63) is 17.5 Å². The van der Waals surface area contributed by atoms with Gasteiger partial charge in [-0.15, -0.1) is 0 Å². The van der Waals surface area contributed by atoms with Crippen LogP contribution in [0.4, 0.5) is 0 Å². The third-order valence-electron chi connectivity index (χ3n) is 2.28. The summed E-state index contributed by atoms with van der Waals surface area (Å²) in [7, 11) is 0. The monoisotopic (exact) mass is 223 g/mol. The molecule has 0 atom stereocenters. The molecule has 1 N–H and O–H groups in total. The van der Waals surface area contributed by atoms with Gasteiger partial charge in [0.05, 0.1) is 12.2 Å². The Hall–Kier alpha value is -1.36. The first kappa shape index (κ1) is 11.1. The van der Waals surface area contributed by atoms with Gasteiger partial charge in [0.15, 0.2) is 5.69 Å². The molecule has 5 nitrogen and oxygen atoms in total. The highest BCUT2D eigenvalue weighted by atomic mass is 16.6. The van der Waals surface area contributed by atoms with Crippen LogP contribution in [0.5, 0.6) is 0 Å². The molecule has 2 rings (SSSR count). The second-order valence-electron chi connectivity index (χ2n) is 4.92. The van der Waals surface area contributed by atoms with Gasteiger partial charge in [0.25, 0.3) is 0 Å². The molecule has 0 fully saturated rings. The van der Waals surface area contributed by atoms with E-state index in [2.05, 4.69) is 10.4 Å². The molecule has 0 aromatic carbocycles. The van der Waals surface area contributed by atoms with Crippen LogP contribution in [0.3, 0.4) is 0 Å². The van der Waals surface area contributed by atoms with E-state index in [4.69, 9.17) is 4.74 Å². The van der Waals surface area contributed by atoms with Crippen molar-refractivity contribution in [2.75, 3.05) is 6.54 Å². The van der Waals surface area contributed by atoms with Crippen LogP contribution < -0.4 is 5.32 Å². The minimum atomic E-state index is -0.473. The lowest BCUT2D eigenvalue weighted by molar-refractivity contribution is 0.00619. The lowest BCUT2D eigenvalue weighted by atomic mass is 10.2. The summed E-state index contributed by atoms with van der Waals surface area (Å²) in [6, 6.07) is 1.79. The van der Waals surface area contributed by atoms with E-state index in [1.54, 1.807) is 6.07 Å². The van der Waals surface area contributed by atoms with E-state index < -0.39 is 5.60 Å². The first-order chi connectivity index (χ1) is 7.46. The number of nitrogens with zero attached hydrogens (tertiary/aromatic N) is 2. The Labute approximate surface area is 94.8 Å². The van der Waals surface area contributed by atoms with Gasteiger partial charge in [-0.05, 0) is 26.8 Å². The fourth-order valence-electron chi connectivity index (χ4n) is 1.62. The summed E-state index contributed by atoms with van der Waals surface area (Å²) in [5.41, 5.74) is 0.958. The highest BCUT2D eigenvalue weighted by Gasteiger charge is 2.22. The molecule has 0 spiro atoms. The zero-order valence-electron chi connectivity index (χ0n) is 9.91. The summed E-state index contributed by atoms with van der Waals surface area (Å²) in [5, 5.41) is 7.47. The van der Waals surface area contributed by atoms with Crippen molar-refractivity contribution in [1.82, 2.24) is 15.1 Å². The van der Waals surface area contributed by atoms with E-state index in [1.165, 1.54) is 0 Å². The largest absolute Gasteiger partial charge is 0.455 e. The zero-order valence-corrected chi connectivity index (χ0v) is 9.91. The minimum Gasteiger partial charge on any atom is -0.455 e. The molecule has 16 heavy (non-hydrogen) atoms. The Morgan fingerprint density at radius 3 is 2.94 bits per heavy atom. The van der Waals surface area contributed by atoms with E-state index in [0.29, 0.717) is 5.69 Å². The van der Waals surface area contributed by atoms with E-state index in [-0.39, 0.29) is 5.97 Å². The van der Waals surface area contributed by atoms with Gasteiger partial charge in [0, 0.05) is 13.1 Å². The number of carbonyl (C=O) groups is 1. The number of hydrogen-bond acceptors (Lipinski definition) is 4. The molecule has 5 heteroatoms. The molecule has 88 valence electrons.